The van der Waals surface area contributed by atoms with Gasteiger partial charge in [-0.25, -0.2) is 9.18 Å². The number of amides is 1. The number of nitrogens with one attached hydrogen (secondary N) is 1. The van der Waals surface area contributed by atoms with E-state index in [0.717, 1.165) is 16.1 Å². The van der Waals surface area contributed by atoms with Gasteiger partial charge >= 0.3 is 5.97 Å². The molecule has 0 aliphatic rings. The third kappa shape index (κ3) is 4.14. The molecule has 114 valence electrons. The Balaban J connectivity index is 2.12. The van der Waals surface area contributed by atoms with Crippen molar-refractivity contribution in [3.8, 4) is 0 Å². The van der Waals surface area contributed by atoms with Crippen LogP contribution in [0.1, 0.15) is 15.9 Å². The summed E-state index contributed by atoms with van der Waals surface area (Å²) in [4.78, 5) is 23.3. The zero-order chi connectivity index (χ0) is 16.1. The summed E-state index contributed by atoms with van der Waals surface area (Å²) in [7, 11) is 0. The van der Waals surface area contributed by atoms with Gasteiger partial charge in [0.1, 0.15) is 11.9 Å². The number of carboxylic acid groups (broad SMARTS) is 1. The van der Waals surface area contributed by atoms with Crippen molar-refractivity contribution in [2.45, 2.75) is 12.5 Å². The first kappa shape index (κ1) is 16.2. The van der Waals surface area contributed by atoms with Crippen LogP contribution in [0, 0.1) is 5.82 Å². The molecule has 0 heterocycles. The van der Waals surface area contributed by atoms with E-state index in [0.29, 0.717) is 0 Å². The second-order valence-corrected chi connectivity index (χ2v) is 5.59. The number of hydrogen-bond donors (Lipinski definition) is 2. The zero-order valence-electron chi connectivity index (χ0n) is 11.4. The molecule has 1 amide bonds. The molecule has 0 fully saturated rings. The molecule has 2 rings (SSSR count). The van der Waals surface area contributed by atoms with Crippen LogP contribution in [0.15, 0.2) is 53.0 Å². The Morgan fingerprint density at radius 2 is 1.77 bits per heavy atom. The van der Waals surface area contributed by atoms with Crippen molar-refractivity contribution < 1.29 is 19.1 Å². The van der Waals surface area contributed by atoms with Crippen LogP contribution in [0.25, 0.3) is 0 Å². The number of hydrogen-bond acceptors (Lipinski definition) is 2. The Hall–Kier alpha value is -2.21. The maximum atomic E-state index is 13.5. The fraction of sp³-hybridized carbons (Fsp3) is 0.125. The Morgan fingerprint density at radius 1 is 1.14 bits per heavy atom. The fourth-order valence-corrected chi connectivity index (χ4v) is 2.20. The Labute approximate surface area is 135 Å². The van der Waals surface area contributed by atoms with Gasteiger partial charge in [0.25, 0.3) is 5.91 Å². The van der Waals surface area contributed by atoms with E-state index < -0.39 is 23.7 Å². The van der Waals surface area contributed by atoms with E-state index in [4.69, 9.17) is 0 Å². The van der Waals surface area contributed by atoms with Gasteiger partial charge in [-0.1, -0.05) is 40.2 Å². The van der Waals surface area contributed by atoms with Gasteiger partial charge in [-0.2, -0.15) is 0 Å². The molecule has 0 bridgehead atoms. The number of carbonyl (C=O) groups is 2. The molecule has 2 aromatic carbocycles. The molecule has 0 radical (unpaired) electrons. The van der Waals surface area contributed by atoms with E-state index in [2.05, 4.69) is 21.2 Å². The van der Waals surface area contributed by atoms with Gasteiger partial charge in [0.2, 0.25) is 0 Å². The highest BCUT2D eigenvalue weighted by atomic mass is 79.9. The lowest BCUT2D eigenvalue weighted by Crippen LogP contribution is -2.42. The van der Waals surface area contributed by atoms with Crippen molar-refractivity contribution in [3.05, 3.63) is 69.9 Å². The van der Waals surface area contributed by atoms with Crippen LogP contribution in [0.2, 0.25) is 0 Å². The van der Waals surface area contributed by atoms with E-state index in [1.807, 2.05) is 0 Å². The molecule has 2 N–H and O–H groups in total. The lowest BCUT2D eigenvalue weighted by molar-refractivity contribution is -0.139. The summed E-state index contributed by atoms with van der Waals surface area (Å²) in [6.45, 7) is 0. The van der Waals surface area contributed by atoms with Gasteiger partial charge in [-0.3, -0.25) is 4.79 Å². The minimum Gasteiger partial charge on any atom is -0.480 e. The van der Waals surface area contributed by atoms with Gasteiger partial charge in [0, 0.05) is 10.9 Å². The number of carboxylic acids is 1. The summed E-state index contributed by atoms with van der Waals surface area (Å²) in [6, 6.07) is 11.4. The van der Waals surface area contributed by atoms with E-state index in [1.165, 1.54) is 18.2 Å². The van der Waals surface area contributed by atoms with E-state index in [9.17, 15) is 19.1 Å². The summed E-state index contributed by atoms with van der Waals surface area (Å²) in [6.07, 6.45) is 0.114. The molecule has 22 heavy (non-hydrogen) atoms. The second kappa shape index (κ2) is 7.17. The summed E-state index contributed by atoms with van der Waals surface area (Å²) in [5, 5.41) is 11.6. The van der Waals surface area contributed by atoms with Gasteiger partial charge in [0.15, 0.2) is 0 Å². The van der Waals surface area contributed by atoms with Crippen LogP contribution in [0.4, 0.5) is 4.39 Å². The van der Waals surface area contributed by atoms with Crippen LogP contribution in [0.5, 0.6) is 0 Å². The normalized spacial score (nSPS) is 11.7. The molecule has 0 aromatic heterocycles. The number of halogens is 2. The minimum absolute atomic E-state index is 0.114. The van der Waals surface area contributed by atoms with Crippen molar-refractivity contribution in [1.82, 2.24) is 5.32 Å². The van der Waals surface area contributed by atoms with E-state index in [-0.39, 0.29) is 12.0 Å². The molecule has 0 aliphatic carbocycles. The number of carbonyl (C=O) groups excluding carboxylic acids is 1. The van der Waals surface area contributed by atoms with Crippen molar-refractivity contribution in [2.24, 2.45) is 0 Å². The molecule has 1 atom stereocenters. The smallest absolute Gasteiger partial charge is 0.326 e. The second-order valence-electron chi connectivity index (χ2n) is 4.67. The molecular weight excluding hydrogens is 353 g/mol. The Morgan fingerprint density at radius 3 is 2.36 bits per heavy atom. The zero-order valence-corrected chi connectivity index (χ0v) is 13.0. The molecule has 2 aromatic rings. The quantitative estimate of drug-likeness (QED) is 0.855. The van der Waals surface area contributed by atoms with E-state index >= 15 is 0 Å². The predicted molar refractivity (Wildman–Crippen MR) is 83.1 cm³/mol. The van der Waals surface area contributed by atoms with Crippen molar-refractivity contribution in [1.29, 1.82) is 0 Å². The van der Waals surface area contributed by atoms with Gasteiger partial charge < -0.3 is 10.4 Å². The van der Waals surface area contributed by atoms with Crippen LogP contribution < -0.4 is 5.32 Å². The Bertz CT molecular complexity index is 688. The number of benzene rings is 2. The van der Waals surface area contributed by atoms with Crippen LogP contribution in [0.3, 0.4) is 0 Å². The predicted octanol–water partition coefficient (Wildman–Crippen LogP) is 3.01. The maximum absolute atomic E-state index is 13.5. The van der Waals surface area contributed by atoms with Gasteiger partial charge in [-0.15, -0.1) is 0 Å². The summed E-state index contributed by atoms with van der Waals surface area (Å²) >= 11 is 3.29. The van der Waals surface area contributed by atoms with Crippen molar-refractivity contribution in [2.75, 3.05) is 0 Å². The highest BCUT2D eigenvalue weighted by molar-refractivity contribution is 9.10. The summed E-state index contributed by atoms with van der Waals surface area (Å²) < 4.78 is 14.4. The molecule has 0 unspecified atom stereocenters. The molecule has 6 heteroatoms. The largest absolute Gasteiger partial charge is 0.480 e. The monoisotopic (exact) mass is 365 g/mol. The standard InChI is InChI=1S/C16H13BrFNO3/c17-11-7-5-10(6-8-11)9-14(16(21)22)19-15(20)12-3-1-2-4-13(12)18/h1-8,14H,9H2,(H,19,20)(H,21,22)/t14-/m1/s1. The van der Waals surface area contributed by atoms with E-state index in [1.54, 1.807) is 24.3 Å². The lowest BCUT2D eigenvalue weighted by atomic mass is 10.1. The highest BCUT2D eigenvalue weighted by Gasteiger charge is 2.22. The molecular formula is C16H13BrFNO3. The average Bonchev–Trinajstić information content (AvgIpc) is 2.49. The highest BCUT2D eigenvalue weighted by Crippen LogP contribution is 2.13. The minimum atomic E-state index is -1.17. The van der Waals surface area contributed by atoms with Crippen molar-refractivity contribution in [3.63, 3.8) is 0 Å². The van der Waals surface area contributed by atoms with Gasteiger partial charge in [-0.05, 0) is 29.8 Å². The SMILES string of the molecule is O=C(N[C@H](Cc1ccc(Br)cc1)C(=O)O)c1ccccc1F. The van der Waals surface area contributed by atoms with Crippen LogP contribution in [-0.4, -0.2) is 23.0 Å². The molecule has 0 saturated heterocycles. The number of aliphatic carboxylic acids is 1. The first-order valence-electron chi connectivity index (χ1n) is 6.50. The summed E-state index contributed by atoms with van der Waals surface area (Å²) in [5.41, 5.74) is 0.578. The maximum Gasteiger partial charge on any atom is 0.326 e. The first-order valence-corrected chi connectivity index (χ1v) is 7.29. The molecule has 0 aliphatic heterocycles. The fourth-order valence-electron chi connectivity index (χ4n) is 1.94. The molecule has 0 saturated carbocycles. The Kier molecular flexibility index (Phi) is 5.27. The third-order valence-electron chi connectivity index (χ3n) is 3.07. The topological polar surface area (TPSA) is 66.4 Å². The van der Waals surface area contributed by atoms with Crippen molar-refractivity contribution >= 4 is 27.8 Å². The summed E-state index contributed by atoms with van der Waals surface area (Å²) in [5.74, 6) is -2.61. The van der Waals surface area contributed by atoms with Crippen LogP contribution in [-0.2, 0) is 11.2 Å². The average molecular weight is 366 g/mol. The molecule has 0 spiro atoms. The number of rotatable bonds is 5. The van der Waals surface area contributed by atoms with Gasteiger partial charge in [0.05, 0.1) is 5.56 Å². The lowest BCUT2D eigenvalue weighted by Gasteiger charge is -2.15. The third-order valence-corrected chi connectivity index (χ3v) is 3.60. The molecule has 4 nitrogen and oxygen atoms in total. The first-order chi connectivity index (χ1) is 10.5. The van der Waals surface area contributed by atoms with Crippen LogP contribution >= 0.6 is 15.9 Å².